The first-order valence-electron chi connectivity index (χ1n) is 11.8. The van der Waals surface area contributed by atoms with Crippen molar-refractivity contribution >= 4 is 23.8 Å². The van der Waals surface area contributed by atoms with Gasteiger partial charge in [-0.05, 0) is 62.3 Å². The van der Waals surface area contributed by atoms with E-state index >= 15 is 0 Å². The molecule has 0 saturated carbocycles. The zero-order chi connectivity index (χ0) is 24.3. The minimum Gasteiger partial charge on any atom is -0.444 e. The van der Waals surface area contributed by atoms with Gasteiger partial charge < -0.3 is 14.8 Å². The highest BCUT2D eigenvalue weighted by Crippen LogP contribution is 2.41. The molecular weight excluding hydrogens is 450 g/mol. The van der Waals surface area contributed by atoms with E-state index in [9.17, 15) is 9.59 Å². The standard InChI is InChI=1S/C26H33N3O4S/c1-5-34-21-8-6-17(7-9-21)13-28-24(30)19-12-20-15-29(25(31)33-26(2,3)4)23(22(20)27-14-19)18-10-11-32-16-18/h6-9,12,14,18,23H,5,10-11,13,15-16H2,1-4H3,(H,28,30). The number of rotatable bonds is 6. The summed E-state index contributed by atoms with van der Waals surface area (Å²) in [6.45, 7) is 9.78. The number of carbonyl (C=O) groups excluding carboxylic acids is 2. The van der Waals surface area contributed by atoms with E-state index in [0.29, 0.717) is 31.9 Å². The molecule has 1 fully saturated rings. The Morgan fingerprint density at radius 3 is 2.68 bits per heavy atom. The van der Waals surface area contributed by atoms with Gasteiger partial charge in [0.2, 0.25) is 0 Å². The minimum atomic E-state index is -0.589. The molecule has 0 bridgehead atoms. The van der Waals surface area contributed by atoms with E-state index in [0.717, 1.165) is 29.0 Å². The Hall–Kier alpha value is -2.58. The maximum atomic E-state index is 13.0. The van der Waals surface area contributed by atoms with Gasteiger partial charge in [0.25, 0.3) is 5.91 Å². The van der Waals surface area contributed by atoms with Gasteiger partial charge >= 0.3 is 6.09 Å². The Morgan fingerprint density at radius 2 is 2.03 bits per heavy atom. The first kappa shape index (κ1) is 24.5. The number of carbonyl (C=O) groups is 2. The number of hydrogen-bond donors (Lipinski definition) is 1. The zero-order valence-corrected chi connectivity index (χ0v) is 21.1. The van der Waals surface area contributed by atoms with Crippen molar-refractivity contribution in [2.45, 2.75) is 63.7 Å². The molecule has 2 atom stereocenters. The zero-order valence-electron chi connectivity index (χ0n) is 20.3. The molecule has 7 nitrogen and oxygen atoms in total. The lowest BCUT2D eigenvalue weighted by Crippen LogP contribution is -2.38. The number of nitrogens with one attached hydrogen (secondary N) is 1. The summed E-state index contributed by atoms with van der Waals surface area (Å²) in [6, 6.07) is 9.86. The lowest BCUT2D eigenvalue weighted by atomic mass is 9.95. The van der Waals surface area contributed by atoms with Gasteiger partial charge in [-0.25, -0.2) is 4.79 Å². The molecule has 2 aliphatic heterocycles. The van der Waals surface area contributed by atoms with E-state index in [1.807, 2.05) is 39.0 Å². The van der Waals surface area contributed by atoms with Gasteiger partial charge in [0, 0.05) is 30.2 Å². The highest BCUT2D eigenvalue weighted by atomic mass is 32.2. The Kier molecular flexibility index (Phi) is 7.48. The van der Waals surface area contributed by atoms with Crippen molar-refractivity contribution < 1.29 is 19.1 Å². The minimum absolute atomic E-state index is 0.162. The lowest BCUT2D eigenvalue weighted by molar-refractivity contribution is 0.00998. The maximum Gasteiger partial charge on any atom is 0.411 e. The molecule has 0 aliphatic carbocycles. The van der Waals surface area contributed by atoms with Gasteiger partial charge in [-0.15, -0.1) is 11.8 Å². The summed E-state index contributed by atoms with van der Waals surface area (Å²) in [6.07, 6.45) is 2.11. The molecule has 34 heavy (non-hydrogen) atoms. The molecular formula is C26H33N3O4S. The molecule has 8 heteroatoms. The predicted molar refractivity (Wildman–Crippen MR) is 132 cm³/mol. The fourth-order valence-corrected chi connectivity index (χ4v) is 5.06. The Morgan fingerprint density at radius 1 is 1.26 bits per heavy atom. The highest BCUT2D eigenvalue weighted by molar-refractivity contribution is 7.99. The predicted octanol–water partition coefficient (Wildman–Crippen LogP) is 4.95. The number of ether oxygens (including phenoxy) is 2. The van der Waals surface area contributed by atoms with E-state index < -0.39 is 5.60 Å². The van der Waals surface area contributed by atoms with Crippen LogP contribution in [0.15, 0.2) is 41.4 Å². The molecule has 2 aromatic rings. The van der Waals surface area contributed by atoms with Crippen molar-refractivity contribution in [3.8, 4) is 0 Å². The van der Waals surface area contributed by atoms with Crippen molar-refractivity contribution in [2.24, 2.45) is 5.92 Å². The Balaban J connectivity index is 1.48. The number of fused-ring (bicyclic) bond motifs is 1. The molecule has 3 heterocycles. The van der Waals surface area contributed by atoms with Gasteiger partial charge in [0.05, 0.1) is 30.5 Å². The number of nitrogens with zero attached hydrogens (tertiary/aromatic N) is 2. The molecule has 1 saturated heterocycles. The largest absolute Gasteiger partial charge is 0.444 e. The number of benzene rings is 1. The molecule has 1 N–H and O–H groups in total. The summed E-state index contributed by atoms with van der Waals surface area (Å²) in [5, 5.41) is 2.98. The van der Waals surface area contributed by atoms with E-state index in [4.69, 9.17) is 9.47 Å². The lowest BCUT2D eigenvalue weighted by Gasteiger charge is -2.31. The van der Waals surface area contributed by atoms with E-state index in [1.54, 1.807) is 22.9 Å². The number of thioether (sulfide) groups is 1. The third-order valence-electron chi connectivity index (χ3n) is 5.95. The van der Waals surface area contributed by atoms with Crippen LogP contribution in [-0.4, -0.2) is 46.5 Å². The van der Waals surface area contributed by atoms with Crippen LogP contribution in [0.1, 0.15) is 67.3 Å². The van der Waals surface area contributed by atoms with Crippen molar-refractivity contribution in [1.29, 1.82) is 0 Å². The van der Waals surface area contributed by atoms with Crippen LogP contribution in [0.25, 0.3) is 0 Å². The van der Waals surface area contributed by atoms with E-state index in [1.165, 1.54) is 4.90 Å². The van der Waals surface area contributed by atoms with Crippen molar-refractivity contribution in [2.75, 3.05) is 19.0 Å². The van der Waals surface area contributed by atoms with Gasteiger partial charge in [-0.1, -0.05) is 19.1 Å². The number of pyridine rings is 1. The molecule has 4 rings (SSSR count). The second-order valence-corrected chi connectivity index (χ2v) is 11.0. The smallest absolute Gasteiger partial charge is 0.411 e. The third-order valence-corrected chi connectivity index (χ3v) is 6.84. The third kappa shape index (κ3) is 5.73. The Bertz CT molecular complexity index is 1030. The van der Waals surface area contributed by atoms with Crippen LogP contribution in [0.3, 0.4) is 0 Å². The average Bonchev–Trinajstić information content (AvgIpc) is 3.44. The van der Waals surface area contributed by atoms with Crippen LogP contribution in [0.2, 0.25) is 0 Å². The van der Waals surface area contributed by atoms with Crippen LogP contribution in [0.4, 0.5) is 4.79 Å². The van der Waals surface area contributed by atoms with Gasteiger partial charge in [-0.2, -0.15) is 0 Å². The fourth-order valence-electron chi connectivity index (χ4n) is 4.40. The van der Waals surface area contributed by atoms with Crippen LogP contribution in [0.5, 0.6) is 0 Å². The van der Waals surface area contributed by atoms with Crippen LogP contribution in [-0.2, 0) is 22.6 Å². The van der Waals surface area contributed by atoms with Crippen molar-refractivity contribution in [1.82, 2.24) is 15.2 Å². The fraction of sp³-hybridized carbons (Fsp3) is 0.500. The maximum absolute atomic E-state index is 13.0. The molecule has 1 aromatic heterocycles. The van der Waals surface area contributed by atoms with Crippen LogP contribution < -0.4 is 5.32 Å². The molecule has 2 aliphatic rings. The topological polar surface area (TPSA) is 80.8 Å². The van der Waals surface area contributed by atoms with Crippen molar-refractivity contribution in [3.63, 3.8) is 0 Å². The van der Waals surface area contributed by atoms with E-state index in [-0.39, 0.29) is 24.0 Å². The second-order valence-electron chi connectivity index (χ2n) is 9.70. The first-order valence-corrected chi connectivity index (χ1v) is 12.8. The molecule has 2 unspecified atom stereocenters. The summed E-state index contributed by atoms with van der Waals surface area (Å²) < 4.78 is 11.3. The second kappa shape index (κ2) is 10.4. The van der Waals surface area contributed by atoms with Gasteiger partial charge in [0.1, 0.15) is 5.60 Å². The Labute approximate surface area is 205 Å². The summed E-state index contributed by atoms with van der Waals surface area (Å²) in [5.41, 5.74) is 2.66. The normalized spacial score (nSPS) is 19.7. The molecule has 1 aromatic carbocycles. The summed E-state index contributed by atoms with van der Waals surface area (Å²) in [7, 11) is 0. The van der Waals surface area contributed by atoms with Gasteiger partial charge in [-0.3, -0.25) is 14.7 Å². The summed E-state index contributed by atoms with van der Waals surface area (Å²) >= 11 is 1.79. The molecule has 182 valence electrons. The average molecular weight is 484 g/mol. The van der Waals surface area contributed by atoms with Crippen LogP contribution in [0, 0.1) is 5.92 Å². The summed E-state index contributed by atoms with van der Waals surface area (Å²) in [4.78, 5) is 33.5. The SMILES string of the molecule is CCSc1ccc(CNC(=O)c2cnc3c(c2)CN(C(=O)OC(C)(C)C)C3C2CCOC2)cc1. The number of hydrogen-bond acceptors (Lipinski definition) is 6. The summed E-state index contributed by atoms with van der Waals surface area (Å²) in [5.74, 6) is 1.01. The first-order chi connectivity index (χ1) is 16.2. The molecule has 2 amide bonds. The van der Waals surface area contributed by atoms with Crippen LogP contribution >= 0.6 is 11.8 Å². The number of aromatic nitrogens is 1. The van der Waals surface area contributed by atoms with Gasteiger partial charge in [0.15, 0.2) is 0 Å². The van der Waals surface area contributed by atoms with Crippen molar-refractivity contribution in [3.05, 3.63) is 58.9 Å². The molecule has 0 radical (unpaired) electrons. The monoisotopic (exact) mass is 483 g/mol. The van der Waals surface area contributed by atoms with E-state index in [2.05, 4.69) is 29.4 Å². The number of amides is 2. The molecule has 0 spiro atoms. The quantitative estimate of drug-likeness (QED) is 0.586. The highest BCUT2D eigenvalue weighted by Gasteiger charge is 2.43.